The van der Waals surface area contributed by atoms with Crippen molar-refractivity contribution in [1.82, 2.24) is 4.98 Å². The number of aromatic nitrogens is 1. The molecule has 216 valence electrons. The van der Waals surface area contributed by atoms with Gasteiger partial charge in [0, 0.05) is 29.0 Å². The molecule has 13 heteroatoms. The zero-order chi connectivity index (χ0) is 28.9. The zero-order valence-corrected chi connectivity index (χ0v) is 23.2. The summed E-state index contributed by atoms with van der Waals surface area (Å²) in [4.78, 5) is 16.8. The van der Waals surface area contributed by atoms with E-state index >= 15 is 0 Å². The molecule has 12 nitrogen and oxygen atoms in total. The van der Waals surface area contributed by atoms with Crippen LogP contribution in [-0.2, 0) is 13.2 Å². The fraction of sp³-hybridized carbons (Fsp3) is 0.259. The fourth-order valence-electron chi connectivity index (χ4n) is 3.83. The highest BCUT2D eigenvalue weighted by Crippen LogP contribution is 2.44. The summed E-state index contributed by atoms with van der Waals surface area (Å²) in [6, 6.07) is 5.94. The maximum absolute atomic E-state index is 12.9. The lowest BCUT2D eigenvalue weighted by Gasteiger charge is -2.14. The summed E-state index contributed by atoms with van der Waals surface area (Å²) >= 11 is 0. The number of ether oxygens (including phenoxy) is 4. The van der Waals surface area contributed by atoms with Crippen molar-refractivity contribution in [3.8, 4) is 51.6 Å². The Hall–Kier alpha value is -4.39. The van der Waals surface area contributed by atoms with Crippen LogP contribution < -0.4 is 24.4 Å². The number of hydrogen-bond donors (Lipinski definition) is 5. The first-order valence-electron chi connectivity index (χ1n) is 11.4. The van der Waals surface area contributed by atoms with Crippen molar-refractivity contribution in [3.63, 3.8) is 0 Å². The van der Waals surface area contributed by atoms with Gasteiger partial charge in [0.15, 0.2) is 28.8 Å². The molecule has 0 spiro atoms. The van der Waals surface area contributed by atoms with E-state index < -0.39 is 11.2 Å². The number of rotatable bonds is 7. The fourth-order valence-corrected chi connectivity index (χ4v) is 3.83. The predicted molar refractivity (Wildman–Crippen MR) is 147 cm³/mol. The number of phenols is 2. The Labute approximate surface area is 235 Å². The number of fused-ring (bicyclic) bond motifs is 1. The first kappa shape index (κ1) is 31.8. The number of halogens is 1. The zero-order valence-electron chi connectivity index (χ0n) is 22.3. The van der Waals surface area contributed by atoms with Gasteiger partial charge in [0.05, 0.1) is 47.3 Å². The van der Waals surface area contributed by atoms with Crippen LogP contribution in [0.15, 0.2) is 39.7 Å². The first-order chi connectivity index (χ1) is 18.7. The number of aliphatic hydroxyl groups excluding tert-OH is 2. The van der Waals surface area contributed by atoms with Crippen LogP contribution >= 0.6 is 12.4 Å². The second kappa shape index (κ2) is 13.6. The largest absolute Gasteiger partial charge is 0.506 e. The smallest absolute Gasteiger partial charge is 0.239 e. The Balaban J connectivity index is 0.000000363. The van der Waals surface area contributed by atoms with E-state index in [0.717, 1.165) is 0 Å². The van der Waals surface area contributed by atoms with E-state index in [2.05, 4.69) is 4.98 Å². The summed E-state index contributed by atoms with van der Waals surface area (Å²) in [5, 5.41) is 47.4. The van der Waals surface area contributed by atoms with E-state index in [9.17, 15) is 20.1 Å². The van der Waals surface area contributed by atoms with Crippen LogP contribution in [0.2, 0.25) is 0 Å². The van der Waals surface area contributed by atoms with Crippen molar-refractivity contribution in [3.05, 3.63) is 57.5 Å². The van der Waals surface area contributed by atoms with Gasteiger partial charge in [-0.1, -0.05) is 0 Å². The van der Waals surface area contributed by atoms with Crippen LogP contribution in [-0.4, -0.2) is 59.0 Å². The molecule has 40 heavy (non-hydrogen) atoms. The van der Waals surface area contributed by atoms with Gasteiger partial charge in [-0.3, -0.25) is 9.78 Å². The predicted octanol–water partition coefficient (Wildman–Crippen LogP) is 3.41. The van der Waals surface area contributed by atoms with Gasteiger partial charge in [-0.25, -0.2) is 0 Å². The monoisotopic (exact) mass is 579 g/mol. The Morgan fingerprint density at radius 3 is 2.02 bits per heavy atom. The summed E-state index contributed by atoms with van der Waals surface area (Å²) in [5.41, 5.74) is 1.13. The third-order valence-corrected chi connectivity index (χ3v) is 5.86. The summed E-state index contributed by atoms with van der Waals surface area (Å²) < 4.78 is 26.4. The van der Waals surface area contributed by atoms with E-state index in [4.69, 9.17) is 33.6 Å². The van der Waals surface area contributed by atoms with Gasteiger partial charge in [-0.15, -0.1) is 12.4 Å². The minimum atomic E-state index is -0.595. The Morgan fingerprint density at radius 1 is 0.850 bits per heavy atom. The molecule has 0 saturated carbocycles. The Morgan fingerprint density at radius 2 is 1.50 bits per heavy atom. The minimum absolute atomic E-state index is 0. The lowest BCUT2D eigenvalue weighted by molar-refractivity contribution is 0.254. The SMILES string of the molecule is COc1ccc(-c2oc3cc(OC)c(OC)c(O)c3c(=O)c2OC)cc1O.Cc1ncc(CO)c(CO)c1O.Cl. The molecule has 0 aliphatic rings. The number of hydrogen-bond acceptors (Lipinski definition) is 12. The van der Waals surface area contributed by atoms with Crippen LogP contribution in [0.5, 0.6) is 40.2 Å². The molecule has 0 amide bonds. The Bertz CT molecular complexity index is 1550. The van der Waals surface area contributed by atoms with Crippen molar-refractivity contribution in [1.29, 1.82) is 0 Å². The molecule has 0 unspecified atom stereocenters. The van der Waals surface area contributed by atoms with Crippen LogP contribution in [0.25, 0.3) is 22.3 Å². The molecule has 0 atom stereocenters. The molecule has 0 fully saturated rings. The van der Waals surface area contributed by atoms with Crippen LogP contribution in [0.1, 0.15) is 16.8 Å². The summed E-state index contributed by atoms with van der Waals surface area (Å²) in [5.74, 6) is -0.158. The average Bonchev–Trinajstić information content (AvgIpc) is 2.94. The quantitative estimate of drug-likeness (QED) is 0.215. The van der Waals surface area contributed by atoms with E-state index in [1.165, 1.54) is 52.8 Å². The molecule has 0 aliphatic carbocycles. The second-order valence-corrected chi connectivity index (χ2v) is 8.03. The van der Waals surface area contributed by atoms with Crippen LogP contribution in [0, 0.1) is 6.92 Å². The first-order valence-corrected chi connectivity index (χ1v) is 11.4. The lowest BCUT2D eigenvalue weighted by atomic mass is 10.1. The van der Waals surface area contributed by atoms with Crippen LogP contribution in [0.3, 0.4) is 0 Å². The molecule has 0 aliphatic heterocycles. The van der Waals surface area contributed by atoms with Gasteiger partial charge in [0.25, 0.3) is 0 Å². The maximum Gasteiger partial charge on any atom is 0.239 e. The van der Waals surface area contributed by atoms with Crippen molar-refractivity contribution < 1.29 is 48.9 Å². The van der Waals surface area contributed by atoms with Crippen LogP contribution in [0.4, 0.5) is 0 Å². The topological polar surface area (TPSA) is 181 Å². The average molecular weight is 580 g/mol. The maximum atomic E-state index is 12.9. The van der Waals surface area contributed by atoms with Gasteiger partial charge in [-0.2, -0.15) is 0 Å². The normalized spacial score (nSPS) is 10.3. The molecule has 0 saturated heterocycles. The minimum Gasteiger partial charge on any atom is -0.506 e. The number of methoxy groups -OCH3 is 4. The van der Waals surface area contributed by atoms with Gasteiger partial charge in [-0.05, 0) is 25.1 Å². The number of phenolic OH excluding ortho intramolecular Hbond substituents is 2. The molecule has 2 aromatic carbocycles. The van der Waals surface area contributed by atoms with Gasteiger partial charge >= 0.3 is 0 Å². The van der Waals surface area contributed by atoms with E-state index in [0.29, 0.717) is 22.4 Å². The number of benzene rings is 2. The molecule has 0 radical (unpaired) electrons. The lowest BCUT2D eigenvalue weighted by Crippen LogP contribution is -2.08. The molecule has 5 N–H and O–H groups in total. The standard InChI is InChI=1S/C19H18O8.C8H11NO3.ClH/c1-23-11-6-5-9(7-10(11)20)17-19(26-4)16(22)14-12(27-17)8-13(24-2)18(25-3)15(14)21;1-5-8(12)7(4-11)6(3-10)2-9-5;/h5-8,20-21H,1-4H3;2,10-12H,3-4H2,1H3;1H. The molecular weight excluding hydrogens is 550 g/mol. The molecule has 2 heterocycles. The molecule has 4 aromatic rings. The van der Waals surface area contributed by atoms with Gasteiger partial charge in [0.2, 0.25) is 16.9 Å². The van der Waals surface area contributed by atoms with E-state index in [-0.39, 0.29) is 76.8 Å². The number of pyridine rings is 1. The summed E-state index contributed by atoms with van der Waals surface area (Å²) in [6.07, 6.45) is 1.45. The van der Waals surface area contributed by atoms with E-state index in [1.54, 1.807) is 13.0 Å². The third kappa shape index (κ3) is 5.93. The number of aryl methyl sites for hydroxylation is 1. The number of aromatic hydroxyl groups is 3. The highest BCUT2D eigenvalue weighted by Gasteiger charge is 2.24. The Kier molecular flexibility index (Phi) is 10.8. The molecular formula is C27H30ClNO11. The summed E-state index contributed by atoms with van der Waals surface area (Å²) in [7, 11) is 5.47. The highest BCUT2D eigenvalue weighted by atomic mass is 35.5. The van der Waals surface area contributed by atoms with E-state index in [1.807, 2.05) is 0 Å². The van der Waals surface area contributed by atoms with Crippen molar-refractivity contribution in [2.24, 2.45) is 0 Å². The second-order valence-electron chi connectivity index (χ2n) is 8.03. The van der Waals surface area contributed by atoms with Crippen molar-refractivity contribution in [2.75, 3.05) is 28.4 Å². The van der Waals surface area contributed by atoms with Crippen molar-refractivity contribution in [2.45, 2.75) is 20.1 Å². The molecule has 2 aromatic heterocycles. The number of nitrogens with zero attached hydrogens (tertiary/aromatic N) is 1. The summed E-state index contributed by atoms with van der Waals surface area (Å²) in [6.45, 7) is 1.12. The highest BCUT2D eigenvalue weighted by molar-refractivity contribution is 5.91. The number of aliphatic hydroxyl groups is 2. The molecule has 4 rings (SSSR count). The molecule has 0 bridgehead atoms. The third-order valence-electron chi connectivity index (χ3n) is 5.86. The van der Waals surface area contributed by atoms with Gasteiger partial charge in [0.1, 0.15) is 16.7 Å². The van der Waals surface area contributed by atoms with Gasteiger partial charge < -0.3 is 48.9 Å². The van der Waals surface area contributed by atoms with Crippen molar-refractivity contribution >= 4 is 23.4 Å².